The number of halogens is 4. The van der Waals surface area contributed by atoms with Crippen molar-refractivity contribution in [2.24, 2.45) is 0 Å². The Labute approximate surface area is 87.8 Å². The van der Waals surface area contributed by atoms with E-state index in [1.165, 1.54) is 0 Å². The molecule has 1 N–H and O–H groups in total. The van der Waals surface area contributed by atoms with E-state index in [4.69, 9.17) is 5.11 Å². The van der Waals surface area contributed by atoms with E-state index < -0.39 is 34.7 Å². The summed E-state index contributed by atoms with van der Waals surface area (Å²) in [5.41, 5.74) is -2.73. The summed E-state index contributed by atoms with van der Waals surface area (Å²) in [4.78, 5) is 10.5. The number of hydrogen-bond donors (Lipinski definition) is 1. The van der Waals surface area contributed by atoms with Crippen LogP contribution in [0.5, 0.6) is 0 Å². The van der Waals surface area contributed by atoms with Crippen molar-refractivity contribution in [3.05, 3.63) is 41.2 Å². The molecule has 0 heterocycles. The summed E-state index contributed by atoms with van der Waals surface area (Å²) in [6, 6.07) is 0.758. The third-order valence-electron chi connectivity index (χ3n) is 1.89. The van der Waals surface area contributed by atoms with E-state index in [-0.39, 0.29) is 6.07 Å². The Bertz CT molecular complexity index is 449. The zero-order chi connectivity index (χ0) is 12.5. The Balaban J connectivity index is 3.53. The smallest absolute Gasteiger partial charge is 0.417 e. The van der Waals surface area contributed by atoms with E-state index in [9.17, 15) is 22.4 Å². The quantitative estimate of drug-likeness (QED) is 0.798. The summed E-state index contributed by atoms with van der Waals surface area (Å²) in [7, 11) is 0. The number of carboxylic acid groups (broad SMARTS) is 1. The first-order valence-electron chi connectivity index (χ1n) is 4.04. The van der Waals surface area contributed by atoms with Gasteiger partial charge in [0.25, 0.3) is 0 Å². The van der Waals surface area contributed by atoms with Gasteiger partial charge in [-0.25, -0.2) is 9.18 Å². The number of hydrogen-bond acceptors (Lipinski definition) is 1. The SMILES string of the molecule is C=Cc1cc(F)c(C(=O)O)cc1C(F)(F)F. The summed E-state index contributed by atoms with van der Waals surface area (Å²) in [6.45, 7) is 3.11. The van der Waals surface area contributed by atoms with Gasteiger partial charge in [-0.3, -0.25) is 0 Å². The summed E-state index contributed by atoms with van der Waals surface area (Å²) < 4.78 is 50.4. The van der Waals surface area contributed by atoms with Gasteiger partial charge in [-0.15, -0.1) is 0 Å². The third kappa shape index (κ3) is 2.21. The first-order chi connectivity index (χ1) is 7.27. The maximum atomic E-state index is 13.1. The molecule has 1 rings (SSSR count). The van der Waals surface area contributed by atoms with Crippen molar-refractivity contribution < 1.29 is 27.5 Å². The Morgan fingerprint density at radius 1 is 1.38 bits per heavy atom. The predicted molar refractivity (Wildman–Crippen MR) is 48.5 cm³/mol. The first kappa shape index (κ1) is 12.2. The Morgan fingerprint density at radius 2 is 1.94 bits per heavy atom. The predicted octanol–water partition coefficient (Wildman–Crippen LogP) is 3.19. The van der Waals surface area contributed by atoms with Gasteiger partial charge in [0, 0.05) is 0 Å². The molecule has 0 saturated heterocycles. The molecular formula is C10H6F4O2. The van der Waals surface area contributed by atoms with Crippen LogP contribution in [0.15, 0.2) is 18.7 Å². The van der Waals surface area contributed by atoms with E-state index >= 15 is 0 Å². The van der Waals surface area contributed by atoms with Crippen molar-refractivity contribution in [1.82, 2.24) is 0 Å². The van der Waals surface area contributed by atoms with Gasteiger partial charge in [0.05, 0.1) is 11.1 Å². The minimum atomic E-state index is -4.75. The van der Waals surface area contributed by atoms with E-state index in [0.29, 0.717) is 6.07 Å². The molecule has 2 nitrogen and oxygen atoms in total. The first-order valence-corrected chi connectivity index (χ1v) is 4.04. The monoisotopic (exact) mass is 234 g/mol. The fourth-order valence-electron chi connectivity index (χ4n) is 1.17. The molecular weight excluding hydrogens is 228 g/mol. The second-order valence-electron chi connectivity index (χ2n) is 2.93. The molecule has 0 aliphatic heterocycles. The van der Waals surface area contributed by atoms with Crippen molar-refractivity contribution in [3.8, 4) is 0 Å². The van der Waals surface area contributed by atoms with Crippen molar-refractivity contribution >= 4 is 12.0 Å². The molecule has 0 atom stereocenters. The minimum Gasteiger partial charge on any atom is -0.478 e. The zero-order valence-corrected chi connectivity index (χ0v) is 7.81. The van der Waals surface area contributed by atoms with Crippen LogP contribution in [0.25, 0.3) is 6.08 Å². The highest BCUT2D eigenvalue weighted by molar-refractivity contribution is 5.88. The molecule has 0 unspecified atom stereocenters. The fraction of sp³-hybridized carbons (Fsp3) is 0.100. The number of aromatic carboxylic acids is 1. The minimum absolute atomic E-state index is 0.259. The standard InChI is InChI=1S/C10H6F4O2/c1-2-5-3-8(11)6(9(15)16)4-7(5)10(12,13)14/h2-4H,1H2,(H,15,16). The second-order valence-corrected chi connectivity index (χ2v) is 2.93. The molecule has 0 bridgehead atoms. The number of carboxylic acids is 1. The fourth-order valence-corrected chi connectivity index (χ4v) is 1.17. The number of carbonyl (C=O) groups is 1. The third-order valence-corrected chi connectivity index (χ3v) is 1.89. The number of rotatable bonds is 2. The highest BCUT2D eigenvalue weighted by Crippen LogP contribution is 2.34. The molecule has 1 aromatic rings. The lowest BCUT2D eigenvalue weighted by atomic mass is 10.0. The summed E-state index contributed by atoms with van der Waals surface area (Å²) in [6.07, 6.45) is -3.93. The molecule has 0 aliphatic rings. The summed E-state index contributed by atoms with van der Waals surface area (Å²) in [5.74, 6) is -2.98. The molecule has 0 radical (unpaired) electrons. The van der Waals surface area contributed by atoms with Crippen LogP contribution in [0.2, 0.25) is 0 Å². The maximum Gasteiger partial charge on any atom is 0.417 e. The van der Waals surface area contributed by atoms with E-state index in [1.54, 1.807) is 0 Å². The molecule has 0 fully saturated rings. The highest BCUT2D eigenvalue weighted by atomic mass is 19.4. The molecule has 0 spiro atoms. The molecule has 1 aromatic carbocycles. The molecule has 0 aliphatic carbocycles. The topological polar surface area (TPSA) is 37.3 Å². The maximum absolute atomic E-state index is 13.1. The average Bonchev–Trinajstić information content (AvgIpc) is 2.14. The largest absolute Gasteiger partial charge is 0.478 e. The second kappa shape index (κ2) is 3.96. The van der Waals surface area contributed by atoms with Crippen LogP contribution >= 0.6 is 0 Å². The van der Waals surface area contributed by atoms with E-state index in [0.717, 1.165) is 6.08 Å². The van der Waals surface area contributed by atoms with Gasteiger partial charge in [0.2, 0.25) is 0 Å². The Morgan fingerprint density at radius 3 is 2.31 bits per heavy atom. The number of benzene rings is 1. The molecule has 0 saturated carbocycles. The van der Waals surface area contributed by atoms with Crippen molar-refractivity contribution in [1.29, 1.82) is 0 Å². The van der Waals surface area contributed by atoms with Gasteiger partial charge in [0.15, 0.2) is 0 Å². The van der Waals surface area contributed by atoms with Crippen LogP contribution in [0.1, 0.15) is 21.5 Å². The Hall–Kier alpha value is -1.85. The number of alkyl halides is 3. The van der Waals surface area contributed by atoms with Crippen LogP contribution in [0.4, 0.5) is 17.6 Å². The van der Waals surface area contributed by atoms with Crippen molar-refractivity contribution in [3.63, 3.8) is 0 Å². The molecule has 16 heavy (non-hydrogen) atoms. The van der Waals surface area contributed by atoms with Crippen LogP contribution in [-0.4, -0.2) is 11.1 Å². The van der Waals surface area contributed by atoms with Crippen LogP contribution in [0.3, 0.4) is 0 Å². The van der Waals surface area contributed by atoms with E-state index in [2.05, 4.69) is 6.58 Å². The Kier molecular flexibility index (Phi) is 3.02. The molecule has 0 aromatic heterocycles. The van der Waals surface area contributed by atoms with Gasteiger partial charge in [-0.2, -0.15) is 13.2 Å². The molecule has 86 valence electrons. The van der Waals surface area contributed by atoms with E-state index in [1.807, 2.05) is 0 Å². The van der Waals surface area contributed by atoms with Crippen molar-refractivity contribution in [2.45, 2.75) is 6.18 Å². The summed E-state index contributed by atoms with van der Waals surface area (Å²) in [5, 5.41) is 8.49. The lowest BCUT2D eigenvalue weighted by molar-refractivity contribution is -0.137. The summed E-state index contributed by atoms with van der Waals surface area (Å²) >= 11 is 0. The van der Waals surface area contributed by atoms with Crippen LogP contribution < -0.4 is 0 Å². The molecule has 0 amide bonds. The zero-order valence-electron chi connectivity index (χ0n) is 7.81. The molecule has 6 heteroatoms. The van der Waals surface area contributed by atoms with Crippen LogP contribution in [-0.2, 0) is 6.18 Å². The average molecular weight is 234 g/mol. The normalized spacial score (nSPS) is 11.2. The van der Waals surface area contributed by atoms with Crippen LogP contribution in [0, 0.1) is 5.82 Å². The lowest BCUT2D eigenvalue weighted by Crippen LogP contribution is -2.11. The lowest BCUT2D eigenvalue weighted by Gasteiger charge is -2.11. The van der Waals surface area contributed by atoms with Gasteiger partial charge in [-0.05, 0) is 17.7 Å². The van der Waals surface area contributed by atoms with Gasteiger partial charge in [0.1, 0.15) is 5.82 Å². The highest BCUT2D eigenvalue weighted by Gasteiger charge is 2.34. The van der Waals surface area contributed by atoms with Gasteiger partial charge in [-0.1, -0.05) is 12.7 Å². The van der Waals surface area contributed by atoms with Gasteiger partial charge >= 0.3 is 12.1 Å². The van der Waals surface area contributed by atoms with Gasteiger partial charge < -0.3 is 5.11 Å². The van der Waals surface area contributed by atoms with Crippen molar-refractivity contribution in [2.75, 3.05) is 0 Å².